The first-order valence-corrected chi connectivity index (χ1v) is 14.3. The number of hydrogen-bond donors (Lipinski definition) is 1. The number of pyridine rings is 1. The first-order valence-electron chi connectivity index (χ1n) is 11.8. The average molecular weight is 521 g/mol. The van der Waals surface area contributed by atoms with E-state index in [1.54, 1.807) is 37.4 Å². The van der Waals surface area contributed by atoms with Gasteiger partial charge in [0.2, 0.25) is 11.8 Å². The van der Waals surface area contributed by atoms with Gasteiger partial charge in [-0.05, 0) is 59.9 Å². The highest BCUT2D eigenvalue weighted by Crippen LogP contribution is 2.34. The first kappa shape index (κ1) is 25.6. The summed E-state index contributed by atoms with van der Waals surface area (Å²) < 4.78 is 29.9. The van der Waals surface area contributed by atoms with E-state index in [0.717, 1.165) is 34.5 Å². The van der Waals surface area contributed by atoms with Gasteiger partial charge in [0, 0.05) is 17.1 Å². The summed E-state index contributed by atoms with van der Waals surface area (Å²) in [5.41, 5.74) is 3.83. The lowest BCUT2D eigenvalue weighted by atomic mass is 10.1. The van der Waals surface area contributed by atoms with Crippen molar-refractivity contribution >= 4 is 32.1 Å². The van der Waals surface area contributed by atoms with E-state index < -0.39 is 9.84 Å². The maximum Gasteiger partial charge on any atom is 0.229 e. The standard InChI is InChI=1S/C28H28N2O4S2/c1-2-36(32,33)24-14-12-22(13-15-24)18-26(31)30-27-19-23(20-35-27)25-11-6-16-29-28(25)34-17-7-10-21-8-4-3-5-9-21/h3-6,8-9,11-16,19-20H,2,7,10,17-18H2,1H3,(H,30,31). The Morgan fingerprint density at radius 2 is 1.78 bits per heavy atom. The van der Waals surface area contributed by atoms with Crippen LogP contribution in [0.1, 0.15) is 24.5 Å². The lowest BCUT2D eigenvalue weighted by molar-refractivity contribution is -0.115. The molecule has 1 amide bonds. The third kappa shape index (κ3) is 6.80. The van der Waals surface area contributed by atoms with Crippen LogP contribution >= 0.6 is 11.3 Å². The van der Waals surface area contributed by atoms with E-state index in [4.69, 9.17) is 4.74 Å². The number of nitrogens with zero attached hydrogens (tertiary/aromatic N) is 1. The number of amides is 1. The van der Waals surface area contributed by atoms with Crippen molar-refractivity contribution in [1.29, 1.82) is 0 Å². The minimum absolute atomic E-state index is 0.0465. The van der Waals surface area contributed by atoms with Crippen molar-refractivity contribution in [3.05, 3.63) is 95.5 Å². The molecule has 2 aromatic carbocycles. The molecule has 186 valence electrons. The summed E-state index contributed by atoms with van der Waals surface area (Å²) in [5.74, 6) is 0.451. The molecule has 4 aromatic rings. The molecule has 0 fully saturated rings. The van der Waals surface area contributed by atoms with Gasteiger partial charge in [0.05, 0.1) is 28.7 Å². The number of anilines is 1. The van der Waals surface area contributed by atoms with E-state index >= 15 is 0 Å². The Labute approximate surface area is 215 Å². The second kappa shape index (κ2) is 12.0. The Hall–Kier alpha value is -3.49. The van der Waals surface area contributed by atoms with E-state index in [-0.39, 0.29) is 23.0 Å². The van der Waals surface area contributed by atoms with Crippen LogP contribution in [-0.2, 0) is 27.5 Å². The number of carbonyl (C=O) groups excluding carboxylic acids is 1. The molecule has 0 saturated heterocycles. The number of rotatable bonds is 11. The molecule has 2 heterocycles. The van der Waals surface area contributed by atoms with Gasteiger partial charge < -0.3 is 10.1 Å². The number of benzene rings is 2. The Bertz CT molecular complexity index is 1400. The molecule has 2 aromatic heterocycles. The predicted octanol–water partition coefficient (Wildman–Crippen LogP) is 5.80. The van der Waals surface area contributed by atoms with Crippen LogP contribution in [0, 0.1) is 0 Å². The summed E-state index contributed by atoms with van der Waals surface area (Å²) in [6.45, 7) is 2.17. The van der Waals surface area contributed by atoms with Crippen LogP contribution in [0.15, 0.2) is 89.3 Å². The molecular formula is C28H28N2O4S2. The molecule has 6 nitrogen and oxygen atoms in total. The fourth-order valence-electron chi connectivity index (χ4n) is 3.71. The number of nitrogens with one attached hydrogen (secondary N) is 1. The number of hydrogen-bond acceptors (Lipinski definition) is 6. The third-order valence-electron chi connectivity index (χ3n) is 5.66. The van der Waals surface area contributed by atoms with Crippen LogP contribution in [0.5, 0.6) is 5.88 Å². The van der Waals surface area contributed by atoms with E-state index in [9.17, 15) is 13.2 Å². The van der Waals surface area contributed by atoms with Crippen molar-refractivity contribution in [2.75, 3.05) is 17.7 Å². The molecule has 0 atom stereocenters. The number of ether oxygens (including phenoxy) is 1. The van der Waals surface area contributed by atoms with E-state index in [1.165, 1.54) is 16.9 Å². The summed E-state index contributed by atoms with van der Waals surface area (Å²) in [5, 5.41) is 5.61. The quantitative estimate of drug-likeness (QED) is 0.253. The minimum Gasteiger partial charge on any atom is -0.477 e. The monoisotopic (exact) mass is 520 g/mol. The summed E-state index contributed by atoms with van der Waals surface area (Å²) in [6.07, 6.45) is 3.69. The molecule has 0 aliphatic heterocycles. The minimum atomic E-state index is -3.25. The lowest BCUT2D eigenvalue weighted by Crippen LogP contribution is -2.13. The normalized spacial score (nSPS) is 11.2. The third-order valence-corrected chi connectivity index (χ3v) is 8.26. The molecule has 8 heteroatoms. The van der Waals surface area contributed by atoms with E-state index in [2.05, 4.69) is 22.4 Å². The molecule has 36 heavy (non-hydrogen) atoms. The fourth-order valence-corrected chi connectivity index (χ4v) is 5.41. The smallest absolute Gasteiger partial charge is 0.229 e. The summed E-state index contributed by atoms with van der Waals surface area (Å²) in [7, 11) is -3.25. The van der Waals surface area contributed by atoms with Gasteiger partial charge in [0.25, 0.3) is 0 Å². The first-order chi connectivity index (χ1) is 17.4. The van der Waals surface area contributed by atoms with Gasteiger partial charge in [-0.3, -0.25) is 4.79 Å². The SMILES string of the molecule is CCS(=O)(=O)c1ccc(CC(=O)Nc2cc(-c3cccnc3OCCCc3ccccc3)cs2)cc1. The summed E-state index contributed by atoms with van der Waals surface area (Å²) in [4.78, 5) is 17.2. The zero-order valence-electron chi connectivity index (χ0n) is 20.0. The molecule has 0 saturated carbocycles. The largest absolute Gasteiger partial charge is 0.477 e. The van der Waals surface area contributed by atoms with Crippen LogP contribution in [0.2, 0.25) is 0 Å². The highest BCUT2D eigenvalue weighted by atomic mass is 32.2. The van der Waals surface area contributed by atoms with Gasteiger partial charge in [-0.2, -0.15) is 0 Å². The van der Waals surface area contributed by atoms with Gasteiger partial charge in [0.15, 0.2) is 9.84 Å². The van der Waals surface area contributed by atoms with Crippen molar-refractivity contribution < 1.29 is 17.9 Å². The van der Waals surface area contributed by atoms with Crippen LogP contribution in [0.25, 0.3) is 11.1 Å². The highest BCUT2D eigenvalue weighted by molar-refractivity contribution is 7.91. The fraction of sp³-hybridized carbons (Fsp3) is 0.214. The molecule has 0 bridgehead atoms. The number of thiophene rings is 1. The average Bonchev–Trinajstić information content (AvgIpc) is 3.36. The summed E-state index contributed by atoms with van der Waals surface area (Å²) >= 11 is 1.43. The maximum absolute atomic E-state index is 12.6. The Kier molecular flexibility index (Phi) is 8.51. The Morgan fingerprint density at radius 1 is 1.00 bits per heavy atom. The summed E-state index contributed by atoms with van der Waals surface area (Å²) in [6, 6.07) is 22.5. The molecule has 0 unspecified atom stereocenters. The van der Waals surface area contributed by atoms with Crippen LogP contribution in [0.3, 0.4) is 0 Å². The second-order valence-corrected chi connectivity index (χ2v) is 11.5. The number of aryl methyl sites for hydroxylation is 1. The molecule has 0 spiro atoms. The topological polar surface area (TPSA) is 85.4 Å². The van der Waals surface area contributed by atoms with E-state index in [0.29, 0.717) is 12.5 Å². The van der Waals surface area contributed by atoms with Gasteiger partial charge >= 0.3 is 0 Å². The molecule has 0 radical (unpaired) electrons. The van der Waals surface area contributed by atoms with Crippen molar-refractivity contribution in [3.8, 4) is 17.0 Å². The zero-order valence-corrected chi connectivity index (χ0v) is 21.6. The maximum atomic E-state index is 12.6. The number of sulfone groups is 1. The van der Waals surface area contributed by atoms with Gasteiger partial charge in [-0.25, -0.2) is 13.4 Å². The number of aromatic nitrogens is 1. The van der Waals surface area contributed by atoms with Crippen LogP contribution < -0.4 is 10.1 Å². The van der Waals surface area contributed by atoms with Gasteiger partial charge in [0.1, 0.15) is 0 Å². The van der Waals surface area contributed by atoms with Crippen LogP contribution in [-0.4, -0.2) is 31.7 Å². The molecular weight excluding hydrogens is 492 g/mol. The predicted molar refractivity (Wildman–Crippen MR) is 144 cm³/mol. The van der Waals surface area contributed by atoms with Crippen molar-refractivity contribution in [3.63, 3.8) is 0 Å². The molecule has 0 aliphatic rings. The molecule has 0 aliphatic carbocycles. The van der Waals surface area contributed by atoms with Crippen molar-refractivity contribution in [2.24, 2.45) is 0 Å². The van der Waals surface area contributed by atoms with Gasteiger partial charge in [-0.15, -0.1) is 11.3 Å². The van der Waals surface area contributed by atoms with E-state index in [1.807, 2.05) is 41.8 Å². The van der Waals surface area contributed by atoms with Gasteiger partial charge in [-0.1, -0.05) is 49.4 Å². The Balaban J connectivity index is 1.34. The Morgan fingerprint density at radius 3 is 2.53 bits per heavy atom. The van der Waals surface area contributed by atoms with Crippen molar-refractivity contribution in [2.45, 2.75) is 31.1 Å². The zero-order chi connectivity index (χ0) is 25.4. The highest BCUT2D eigenvalue weighted by Gasteiger charge is 2.14. The van der Waals surface area contributed by atoms with Crippen molar-refractivity contribution in [1.82, 2.24) is 4.98 Å². The molecule has 4 rings (SSSR count). The number of carbonyl (C=O) groups is 1. The second-order valence-electron chi connectivity index (χ2n) is 8.27. The van der Waals surface area contributed by atoms with Crippen LogP contribution in [0.4, 0.5) is 5.00 Å². The lowest BCUT2D eigenvalue weighted by Gasteiger charge is -2.09. The molecule has 1 N–H and O–H groups in total.